The Bertz CT molecular complexity index is 932. The number of methoxy groups -OCH3 is 1. The second kappa shape index (κ2) is 8.00. The third kappa shape index (κ3) is 4.41. The van der Waals surface area contributed by atoms with Gasteiger partial charge in [-0.05, 0) is 36.6 Å². The second-order valence-electron chi connectivity index (χ2n) is 6.62. The smallest absolute Gasteiger partial charge is 0.417 e. The molecule has 0 amide bonds. The number of nitrogens with one attached hydrogen (secondary N) is 1. The summed E-state index contributed by atoms with van der Waals surface area (Å²) in [5.41, 5.74) is -0.248. The Morgan fingerprint density at radius 1 is 1.14 bits per heavy atom. The van der Waals surface area contributed by atoms with E-state index in [-0.39, 0.29) is 12.5 Å². The van der Waals surface area contributed by atoms with Crippen molar-refractivity contribution in [3.8, 4) is 5.75 Å². The van der Waals surface area contributed by atoms with Crippen LogP contribution in [0.2, 0.25) is 0 Å². The lowest BCUT2D eigenvalue weighted by molar-refractivity contribution is -0.139. The Morgan fingerprint density at radius 3 is 2.54 bits per heavy atom. The summed E-state index contributed by atoms with van der Waals surface area (Å²) in [6.45, 7) is 1.37. The van der Waals surface area contributed by atoms with Crippen molar-refractivity contribution >= 4 is 15.7 Å². The van der Waals surface area contributed by atoms with Gasteiger partial charge < -0.3 is 9.64 Å². The molecule has 0 unspecified atom stereocenters. The van der Waals surface area contributed by atoms with Gasteiger partial charge in [-0.15, -0.1) is 0 Å². The van der Waals surface area contributed by atoms with Crippen molar-refractivity contribution in [1.82, 2.24) is 4.72 Å². The van der Waals surface area contributed by atoms with Crippen LogP contribution in [0.1, 0.15) is 12.0 Å². The zero-order valence-corrected chi connectivity index (χ0v) is 16.1. The summed E-state index contributed by atoms with van der Waals surface area (Å²) in [7, 11) is -2.69. The molecule has 1 heterocycles. The number of anilines is 1. The quantitative estimate of drug-likeness (QED) is 0.786. The van der Waals surface area contributed by atoms with Crippen molar-refractivity contribution in [3.05, 3.63) is 54.1 Å². The molecule has 0 bridgehead atoms. The van der Waals surface area contributed by atoms with Gasteiger partial charge in [-0.25, -0.2) is 13.1 Å². The Hall–Kier alpha value is -2.26. The van der Waals surface area contributed by atoms with E-state index in [1.807, 2.05) is 24.3 Å². The van der Waals surface area contributed by atoms with Crippen LogP contribution in [-0.4, -0.2) is 35.2 Å². The first kappa shape index (κ1) is 20.5. The minimum absolute atomic E-state index is 0.0160. The first-order chi connectivity index (χ1) is 13.2. The lowest BCUT2D eigenvalue weighted by Gasteiger charge is -2.21. The standard InChI is InChI=1S/C19H21F3N2O3S/c1-27-17-8-4-3-7-16(17)24-11-10-14(13-24)12-23-28(25,26)18-9-5-2-6-15(18)19(20,21)22/h2-9,14,23H,10-13H2,1H3/t14-/m0/s1. The molecule has 1 atom stereocenters. The number of rotatable bonds is 6. The zero-order valence-electron chi connectivity index (χ0n) is 15.2. The van der Waals surface area contributed by atoms with E-state index in [0.29, 0.717) is 13.1 Å². The normalized spacial score (nSPS) is 17.7. The van der Waals surface area contributed by atoms with Crippen LogP contribution in [0, 0.1) is 5.92 Å². The number of hydrogen-bond donors (Lipinski definition) is 1. The molecular weight excluding hydrogens is 393 g/mol. The number of benzene rings is 2. The molecule has 2 aromatic rings. The van der Waals surface area contributed by atoms with E-state index in [4.69, 9.17) is 4.74 Å². The monoisotopic (exact) mass is 414 g/mol. The number of nitrogens with zero attached hydrogens (tertiary/aromatic N) is 1. The van der Waals surface area contributed by atoms with Crippen LogP contribution in [-0.2, 0) is 16.2 Å². The Labute approximate surface area is 162 Å². The summed E-state index contributed by atoms with van der Waals surface area (Å²) in [4.78, 5) is 1.34. The molecule has 1 aliphatic rings. The van der Waals surface area contributed by atoms with E-state index in [1.165, 1.54) is 12.1 Å². The van der Waals surface area contributed by atoms with Gasteiger partial charge in [-0.1, -0.05) is 24.3 Å². The van der Waals surface area contributed by atoms with Gasteiger partial charge in [0.05, 0.1) is 23.3 Å². The maximum absolute atomic E-state index is 13.1. The Morgan fingerprint density at radius 2 is 1.82 bits per heavy atom. The van der Waals surface area contributed by atoms with Gasteiger partial charge in [0.1, 0.15) is 5.75 Å². The van der Waals surface area contributed by atoms with Crippen molar-refractivity contribution in [2.24, 2.45) is 5.92 Å². The maximum atomic E-state index is 13.1. The molecule has 1 saturated heterocycles. The topological polar surface area (TPSA) is 58.6 Å². The van der Waals surface area contributed by atoms with Crippen LogP contribution in [0.5, 0.6) is 5.75 Å². The molecule has 9 heteroatoms. The van der Waals surface area contributed by atoms with E-state index in [0.717, 1.165) is 30.0 Å². The molecule has 1 fully saturated rings. The van der Waals surface area contributed by atoms with Gasteiger partial charge in [0.2, 0.25) is 10.0 Å². The number of ether oxygens (including phenoxy) is 1. The molecular formula is C19H21F3N2O3S. The van der Waals surface area contributed by atoms with Crippen LogP contribution < -0.4 is 14.4 Å². The number of sulfonamides is 1. The molecule has 152 valence electrons. The van der Waals surface area contributed by atoms with Crippen LogP contribution in [0.4, 0.5) is 18.9 Å². The summed E-state index contributed by atoms with van der Waals surface area (Å²) >= 11 is 0. The van der Waals surface area contributed by atoms with Crippen molar-refractivity contribution in [1.29, 1.82) is 0 Å². The summed E-state index contributed by atoms with van der Waals surface area (Å²) in [6, 6.07) is 11.7. The molecule has 0 saturated carbocycles. The highest BCUT2D eigenvalue weighted by molar-refractivity contribution is 7.89. The number of para-hydroxylation sites is 2. The zero-order chi connectivity index (χ0) is 20.4. The van der Waals surface area contributed by atoms with Crippen LogP contribution >= 0.6 is 0 Å². The summed E-state index contributed by atoms with van der Waals surface area (Å²) in [5.74, 6) is 0.709. The highest BCUT2D eigenvalue weighted by Gasteiger charge is 2.37. The summed E-state index contributed by atoms with van der Waals surface area (Å²) < 4.78 is 72.0. The Kier molecular flexibility index (Phi) is 5.85. The van der Waals surface area contributed by atoms with E-state index < -0.39 is 26.7 Å². The molecule has 1 aliphatic heterocycles. The van der Waals surface area contributed by atoms with E-state index in [9.17, 15) is 21.6 Å². The molecule has 0 aromatic heterocycles. The molecule has 2 aromatic carbocycles. The minimum atomic E-state index is -4.74. The van der Waals surface area contributed by atoms with Gasteiger partial charge in [0, 0.05) is 19.6 Å². The third-order valence-corrected chi connectivity index (χ3v) is 6.24. The molecule has 28 heavy (non-hydrogen) atoms. The van der Waals surface area contributed by atoms with Gasteiger partial charge >= 0.3 is 6.18 Å². The average molecular weight is 414 g/mol. The third-order valence-electron chi connectivity index (χ3n) is 4.76. The predicted octanol–water partition coefficient (Wildman–Crippen LogP) is 3.52. The molecule has 0 spiro atoms. The van der Waals surface area contributed by atoms with Crippen LogP contribution in [0.15, 0.2) is 53.4 Å². The van der Waals surface area contributed by atoms with Crippen LogP contribution in [0.25, 0.3) is 0 Å². The van der Waals surface area contributed by atoms with Crippen molar-refractivity contribution in [3.63, 3.8) is 0 Å². The van der Waals surface area contributed by atoms with E-state index >= 15 is 0 Å². The highest BCUT2D eigenvalue weighted by Crippen LogP contribution is 2.34. The second-order valence-corrected chi connectivity index (χ2v) is 8.35. The first-order valence-electron chi connectivity index (χ1n) is 8.76. The lowest BCUT2D eigenvalue weighted by Crippen LogP contribution is -2.32. The van der Waals surface area contributed by atoms with E-state index in [1.54, 1.807) is 7.11 Å². The van der Waals surface area contributed by atoms with Crippen molar-refractivity contribution < 1.29 is 26.3 Å². The molecule has 0 radical (unpaired) electrons. The predicted molar refractivity (Wildman–Crippen MR) is 99.9 cm³/mol. The number of alkyl halides is 3. The van der Waals surface area contributed by atoms with E-state index in [2.05, 4.69) is 9.62 Å². The maximum Gasteiger partial charge on any atom is 0.417 e. The lowest BCUT2D eigenvalue weighted by atomic mass is 10.1. The molecule has 0 aliphatic carbocycles. The number of halogens is 3. The summed E-state index contributed by atoms with van der Waals surface area (Å²) in [5, 5.41) is 0. The van der Waals surface area contributed by atoms with Crippen molar-refractivity contribution in [2.45, 2.75) is 17.5 Å². The first-order valence-corrected chi connectivity index (χ1v) is 10.2. The van der Waals surface area contributed by atoms with Crippen molar-refractivity contribution in [2.75, 3.05) is 31.6 Å². The highest BCUT2D eigenvalue weighted by atomic mass is 32.2. The van der Waals surface area contributed by atoms with Crippen LogP contribution in [0.3, 0.4) is 0 Å². The molecule has 5 nitrogen and oxygen atoms in total. The SMILES string of the molecule is COc1ccccc1N1CC[C@@H](CNS(=O)(=O)c2ccccc2C(F)(F)F)C1. The van der Waals surface area contributed by atoms with Gasteiger partial charge in [-0.2, -0.15) is 13.2 Å². The fourth-order valence-electron chi connectivity index (χ4n) is 3.35. The average Bonchev–Trinajstić information content (AvgIpc) is 3.15. The van der Waals surface area contributed by atoms with Gasteiger partial charge in [-0.3, -0.25) is 0 Å². The Balaban J connectivity index is 1.68. The largest absolute Gasteiger partial charge is 0.495 e. The summed E-state index contributed by atoms with van der Waals surface area (Å²) in [6.07, 6.45) is -4.01. The van der Waals surface area contributed by atoms with Gasteiger partial charge in [0.15, 0.2) is 0 Å². The fourth-order valence-corrected chi connectivity index (χ4v) is 4.69. The molecule has 3 rings (SSSR count). The molecule has 1 N–H and O–H groups in total. The number of hydrogen-bond acceptors (Lipinski definition) is 4. The minimum Gasteiger partial charge on any atom is -0.495 e. The van der Waals surface area contributed by atoms with Gasteiger partial charge in [0.25, 0.3) is 0 Å². The fraction of sp³-hybridized carbons (Fsp3) is 0.368.